The van der Waals surface area contributed by atoms with Crippen LogP contribution in [0, 0.1) is 0 Å². The minimum atomic E-state index is -4.46. The fourth-order valence-corrected chi connectivity index (χ4v) is 3.46. The van der Waals surface area contributed by atoms with Crippen LogP contribution in [0.15, 0.2) is 54.7 Å². The van der Waals surface area contributed by atoms with Crippen molar-refractivity contribution in [3.05, 3.63) is 60.3 Å². The maximum absolute atomic E-state index is 13.5. The highest BCUT2D eigenvalue weighted by molar-refractivity contribution is 6.64. The summed E-state index contributed by atoms with van der Waals surface area (Å²) in [7, 11) is -0.781. The van der Waals surface area contributed by atoms with Crippen LogP contribution < -0.4 is 5.46 Å². The summed E-state index contributed by atoms with van der Waals surface area (Å²) in [6.45, 7) is 7.65. The predicted octanol–water partition coefficient (Wildman–Crippen LogP) is 5.22. The van der Waals surface area contributed by atoms with Gasteiger partial charge in [-0.15, -0.1) is 0 Å². The summed E-state index contributed by atoms with van der Waals surface area (Å²) in [5.74, 6) is 0. The first-order valence-corrected chi connectivity index (χ1v) is 9.40. The van der Waals surface area contributed by atoms with Gasteiger partial charge in [0.25, 0.3) is 0 Å². The largest absolute Gasteiger partial charge is 0.495 e. The van der Waals surface area contributed by atoms with Crippen LogP contribution in [0.2, 0.25) is 0 Å². The smallest absolute Gasteiger partial charge is 0.399 e. The molecule has 0 bridgehead atoms. The van der Waals surface area contributed by atoms with Crippen molar-refractivity contribution in [1.82, 2.24) is 4.98 Å². The Hall–Kier alpha value is -2.38. The second-order valence-electron chi connectivity index (χ2n) is 8.27. The number of benzene rings is 2. The lowest BCUT2D eigenvalue weighted by Crippen LogP contribution is -2.41. The van der Waals surface area contributed by atoms with Crippen molar-refractivity contribution in [1.29, 1.82) is 0 Å². The molecular weight excluding hydrogens is 378 g/mol. The Kier molecular flexibility index (Phi) is 4.51. The summed E-state index contributed by atoms with van der Waals surface area (Å²) in [5.41, 5.74) is 0.271. The van der Waals surface area contributed by atoms with Gasteiger partial charge in [0, 0.05) is 17.1 Å². The highest BCUT2D eigenvalue weighted by atomic mass is 19.4. The van der Waals surface area contributed by atoms with Crippen molar-refractivity contribution in [3.8, 4) is 11.1 Å². The molecule has 0 N–H and O–H groups in total. The Morgan fingerprint density at radius 1 is 0.862 bits per heavy atom. The molecule has 150 valence electrons. The average Bonchev–Trinajstić information content (AvgIpc) is 2.87. The second kappa shape index (κ2) is 6.57. The van der Waals surface area contributed by atoms with E-state index in [1.807, 2.05) is 45.9 Å². The van der Waals surface area contributed by atoms with E-state index in [2.05, 4.69) is 4.98 Å². The zero-order valence-electron chi connectivity index (χ0n) is 16.7. The first-order valence-electron chi connectivity index (χ1n) is 9.40. The van der Waals surface area contributed by atoms with Gasteiger partial charge in [-0.3, -0.25) is 4.98 Å². The average molecular weight is 399 g/mol. The molecule has 0 aliphatic carbocycles. The SMILES string of the molecule is CC1(C)OB(c2ccc(C(F)(F)F)cc2-c2cccc3cccnc23)OC1(C)C. The molecule has 1 aromatic heterocycles. The van der Waals surface area contributed by atoms with Gasteiger partial charge in [0.15, 0.2) is 0 Å². The molecule has 0 atom stereocenters. The molecule has 0 radical (unpaired) electrons. The van der Waals surface area contributed by atoms with E-state index in [0.29, 0.717) is 22.1 Å². The fraction of sp³-hybridized carbons (Fsp3) is 0.318. The van der Waals surface area contributed by atoms with E-state index in [0.717, 1.165) is 17.5 Å². The van der Waals surface area contributed by atoms with Crippen molar-refractivity contribution in [3.63, 3.8) is 0 Å². The summed E-state index contributed by atoms with van der Waals surface area (Å²) >= 11 is 0. The quantitative estimate of drug-likeness (QED) is 0.554. The Labute approximate surface area is 168 Å². The number of halogens is 3. The number of hydrogen-bond donors (Lipinski definition) is 0. The summed E-state index contributed by atoms with van der Waals surface area (Å²) in [5, 5.41) is 0.849. The van der Waals surface area contributed by atoms with Crippen molar-refractivity contribution < 1.29 is 22.5 Å². The van der Waals surface area contributed by atoms with Gasteiger partial charge in [-0.1, -0.05) is 36.4 Å². The molecule has 0 unspecified atom stereocenters. The van der Waals surface area contributed by atoms with Gasteiger partial charge in [-0.2, -0.15) is 13.2 Å². The topological polar surface area (TPSA) is 31.4 Å². The van der Waals surface area contributed by atoms with Gasteiger partial charge in [0.1, 0.15) is 0 Å². The van der Waals surface area contributed by atoms with Crippen LogP contribution in [0.25, 0.3) is 22.0 Å². The van der Waals surface area contributed by atoms with Gasteiger partial charge >= 0.3 is 13.3 Å². The van der Waals surface area contributed by atoms with Gasteiger partial charge < -0.3 is 9.31 Å². The van der Waals surface area contributed by atoms with Gasteiger partial charge in [0.05, 0.1) is 22.3 Å². The Bertz CT molecular complexity index is 1060. The summed E-state index contributed by atoms with van der Waals surface area (Å²) in [6.07, 6.45) is -2.82. The minimum Gasteiger partial charge on any atom is -0.399 e. The third-order valence-corrected chi connectivity index (χ3v) is 5.81. The summed E-state index contributed by atoms with van der Waals surface area (Å²) < 4.78 is 52.7. The van der Waals surface area contributed by atoms with Crippen molar-refractivity contribution >= 4 is 23.5 Å². The number of rotatable bonds is 2. The van der Waals surface area contributed by atoms with Crippen LogP contribution >= 0.6 is 0 Å². The molecule has 0 spiro atoms. The fourth-order valence-electron chi connectivity index (χ4n) is 3.46. The number of hydrogen-bond acceptors (Lipinski definition) is 3. The Balaban J connectivity index is 1.94. The van der Waals surface area contributed by atoms with E-state index in [1.165, 1.54) is 6.07 Å². The van der Waals surface area contributed by atoms with Crippen LogP contribution in [0.4, 0.5) is 13.2 Å². The van der Waals surface area contributed by atoms with Crippen LogP contribution in [-0.4, -0.2) is 23.3 Å². The molecule has 1 aliphatic rings. The van der Waals surface area contributed by atoms with Crippen molar-refractivity contribution in [2.45, 2.75) is 45.1 Å². The third kappa shape index (κ3) is 3.42. The molecule has 2 aromatic carbocycles. The molecule has 4 rings (SSSR count). The molecule has 3 aromatic rings. The van der Waals surface area contributed by atoms with Crippen LogP contribution in [-0.2, 0) is 15.5 Å². The van der Waals surface area contributed by atoms with Crippen molar-refractivity contribution in [2.75, 3.05) is 0 Å². The molecule has 7 heteroatoms. The molecule has 1 saturated heterocycles. The number of pyridine rings is 1. The Morgan fingerprint density at radius 2 is 1.52 bits per heavy atom. The van der Waals surface area contributed by atoms with E-state index in [4.69, 9.17) is 9.31 Å². The molecule has 0 saturated carbocycles. The number of para-hydroxylation sites is 1. The predicted molar refractivity (Wildman–Crippen MR) is 108 cm³/mol. The Morgan fingerprint density at radius 3 is 2.17 bits per heavy atom. The van der Waals surface area contributed by atoms with Crippen LogP contribution in [0.1, 0.15) is 33.3 Å². The summed E-state index contributed by atoms with van der Waals surface area (Å²) in [4.78, 5) is 4.41. The standard InChI is InChI=1S/C22H21BF3NO2/c1-20(2)21(3,4)29-23(28-20)18-11-10-15(22(24,25)26)13-17(18)16-9-5-7-14-8-6-12-27-19(14)16/h5-13H,1-4H3. The number of alkyl halides is 3. The summed E-state index contributed by atoms with van der Waals surface area (Å²) in [6, 6.07) is 12.8. The van der Waals surface area contributed by atoms with E-state index in [-0.39, 0.29) is 0 Å². The minimum absolute atomic E-state index is 0.405. The maximum Gasteiger partial charge on any atom is 0.495 e. The molecule has 0 amide bonds. The molecule has 29 heavy (non-hydrogen) atoms. The van der Waals surface area contributed by atoms with Crippen LogP contribution in [0.3, 0.4) is 0 Å². The van der Waals surface area contributed by atoms with Crippen LogP contribution in [0.5, 0.6) is 0 Å². The highest BCUT2D eigenvalue weighted by Crippen LogP contribution is 2.39. The number of aromatic nitrogens is 1. The van der Waals surface area contributed by atoms with Gasteiger partial charge in [-0.25, -0.2) is 0 Å². The third-order valence-electron chi connectivity index (χ3n) is 5.81. The highest BCUT2D eigenvalue weighted by Gasteiger charge is 2.52. The maximum atomic E-state index is 13.5. The van der Waals surface area contributed by atoms with E-state index < -0.39 is 30.1 Å². The molecule has 1 fully saturated rings. The number of fused-ring (bicyclic) bond motifs is 1. The molecule has 2 heterocycles. The van der Waals surface area contributed by atoms with E-state index in [9.17, 15) is 13.2 Å². The lowest BCUT2D eigenvalue weighted by atomic mass is 9.73. The monoisotopic (exact) mass is 399 g/mol. The van der Waals surface area contributed by atoms with Crippen molar-refractivity contribution in [2.24, 2.45) is 0 Å². The second-order valence-corrected chi connectivity index (χ2v) is 8.27. The molecule has 1 aliphatic heterocycles. The van der Waals surface area contributed by atoms with E-state index >= 15 is 0 Å². The van der Waals surface area contributed by atoms with Gasteiger partial charge in [0.2, 0.25) is 0 Å². The number of nitrogens with zero attached hydrogens (tertiary/aromatic N) is 1. The van der Waals surface area contributed by atoms with Gasteiger partial charge in [-0.05, 0) is 50.9 Å². The molecular formula is C22H21BF3NO2. The first-order chi connectivity index (χ1) is 13.5. The molecule has 3 nitrogen and oxygen atoms in total. The first kappa shape index (κ1) is 19.9. The lowest BCUT2D eigenvalue weighted by molar-refractivity contribution is -0.137. The zero-order chi connectivity index (χ0) is 21.0. The van der Waals surface area contributed by atoms with E-state index in [1.54, 1.807) is 18.3 Å². The zero-order valence-corrected chi connectivity index (χ0v) is 16.7. The lowest BCUT2D eigenvalue weighted by Gasteiger charge is -2.32. The normalized spacial score (nSPS) is 18.4.